The number of nitro benzene ring substituents is 1. The van der Waals surface area contributed by atoms with E-state index in [4.69, 9.17) is 10.4 Å². The summed E-state index contributed by atoms with van der Waals surface area (Å²) in [5.41, 5.74) is 2.22. The molecule has 0 unspecified atom stereocenters. The predicted molar refractivity (Wildman–Crippen MR) is 77.5 cm³/mol. The van der Waals surface area contributed by atoms with Crippen molar-refractivity contribution >= 4 is 11.4 Å². The van der Waals surface area contributed by atoms with Gasteiger partial charge in [-0.15, -0.1) is 0 Å². The molecule has 0 heterocycles. The monoisotopic (exact) mass is 283 g/mol. The van der Waals surface area contributed by atoms with Crippen molar-refractivity contribution < 1.29 is 10.0 Å². The number of hydrogen-bond acceptors (Lipinski definition) is 5. The number of aliphatic hydroxyl groups is 1. The predicted octanol–water partition coefficient (Wildman–Crippen LogP) is 2.57. The summed E-state index contributed by atoms with van der Waals surface area (Å²) in [6.45, 7) is 0.490. The smallest absolute Gasteiger partial charge is 0.289 e. The number of benzene rings is 2. The van der Waals surface area contributed by atoms with E-state index >= 15 is 0 Å². The van der Waals surface area contributed by atoms with Crippen LogP contribution in [0.2, 0.25) is 0 Å². The first kappa shape index (κ1) is 14.5. The summed E-state index contributed by atoms with van der Waals surface area (Å²) in [6, 6.07) is 13.6. The first-order valence-corrected chi connectivity index (χ1v) is 6.25. The van der Waals surface area contributed by atoms with Crippen LogP contribution in [0.15, 0.2) is 42.5 Å². The molecule has 6 nitrogen and oxygen atoms in total. The molecule has 0 fully saturated rings. The van der Waals surface area contributed by atoms with Crippen LogP contribution in [0.25, 0.3) is 0 Å². The van der Waals surface area contributed by atoms with Crippen LogP contribution in [0.3, 0.4) is 0 Å². The van der Waals surface area contributed by atoms with Crippen LogP contribution in [0.1, 0.15) is 16.7 Å². The highest BCUT2D eigenvalue weighted by atomic mass is 16.6. The van der Waals surface area contributed by atoms with Crippen molar-refractivity contribution in [2.75, 3.05) is 5.32 Å². The van der Waals surface area contributed by atoms with Crippen molar-refractivity contribution in [3.05, 3.63) is 69.3 Å². The minimum Gasteiger partial charge on any atom is -0.392 e. The topological polar surface area (TPSA) is 99.2 Å². The number of nitriles is 1. The first-order chi connectivity index (χ1) is 10.1. The third-order valence-electron chi connectivity index (χ3n) is 3.02. The Balaban J connectivity index is 2.11. The molecule has 2 aromatic carbocycles. The second kappa shape index (κ2) is 6.50. The van der Waals surface area contributed by atoms with E-state index in [-0.39, 0.29) is 17.9 Å². The van der Waals surface area contributed by atoms with Gasteiger partial charge in [0.2, 0.25) is 0 Å². The van der Waals surface area contributed by atoms with Gasteiger partial charge in [-0.2, -0.15) is 5.26 Å². The van der Waals surface area contributed by atoms with Gasteiger partial charge >= 0.3 is 0 Å². The summed E-state index contributed by atoms with van der Waals surface area (Å²) < 4.78 is 0. The number of nitrogens with zero attached hydrogens (tertiary/aromatic N) is 2. The zero-order chi connectivity index (χ0) is 15.2. The minimum absolute atomic E-state index is 0.00444. The van der Waals surface area contributed by atoms with E-state index in [0.717, 1.165) is 11.1 Å². The molecule has 106 valence electrons. The van der Waals surface area contributed by atoms with Gasteiger partial charge in [-0.1, -0.05) is 24.3 Å². The fourth-order valence-electron chi connectivity index (χ4n) is 1.85. The lowest BCUT2D eigenvalue weighted by Gasteiger charge is -2.07. The number of nitrogens with one attached hydrogen (secondary N) is 1. The fourth-order valence-corrected chi connectivity index (χ4v) is 1.85. The molecule has 0 amide bonds. The maximum absolute atomic E-state index is 10.9. The van der Waals surface area contributed by atoms with Crippen molar-refractivity contribution in [2.45, 2.75) is 13.2 Å². The Labute approximate surface area is 121 Å². The molecule has 2 aromatic rings. The normalized spacial score (nSPS) is 9.90. The van der Waals surface area contributed by atoms with Crippen molar-refractivity contribution in [3.8, 4) is 6.07 Å². The van der Waals surface area contributed by atoms with Gasteiger partial charge in [0.15, 0.2) is 0 Å². The summed E-state index contributed by atoms with van der Waals surface area (Å²) >= 11 is 0. The van der Waals surface area contributed by atoms with Gasteiger partial charge < -0.3 is 10.4 Å². The molecular weight excluding hydrogens is 270 g/mol. The average molecular weight is 283 g/mol. The summed E-state index contributed by atoms with van der Waals surface area (Å²) in [4.78, 5) is 10.3. The van der Waals surface area contributed by atoms with Gasteiger partial charge in [0.05, 0.1) is 11.5 Å². The lowest BCUT2D eigenvalue weighted by Crippen LogP contribution is -2.01. The van der Waals surface area contributed by atoms with E-state index < -0.39 is 4.92 Å². The Kier molecular flexibility index (Phi) is 4.49. The van der Waals surface area contributed by atoms with Gasteiger partial charge in [0, 0.05) is 18.3 Å². The van der Waals surface area contributed by atoms with Gasteiger partial charge in [-0.3, -0.25) is 10.1 Å². The molecule has 0 spiro atoms. The minimum atomic E-state index is -0.570. The van der Waals surface area contributed by atoms with Gasteiger partial charge in [0.25, 0.3) is 5.69 Å². The van der Waals surface area contributed by atoms with Crippen molar-refractivity contribution in [3.63, 3.8) is 0 Å². The standard InChI is InChI=1S/C15H13N3O3/c16-8-13-5-6-14(7-15(13)18(20)21)17-9-11-1-3-12(10-19)4-2-11/h1-7,17,19H,9-10H2. The van der Waals surface area contributed by atoms with Crippen molar-refractivity contribution in [1.82, 2.24) is 0 Å². The van der Waals surface area contributed by atoms with Crippen LogP contribution in [0.4, 0.5) is 11.4 Å². The molecule has 2 N–H and O–H groups in total. The number of rotatable bonds is 5. The molecule has 0 aliphatic carbocycles. The second-order valence-electron chi connectivity index (χ2n) is 4.43. The number of aliphatic hydroxyl groups excluding tert-OH is 1. The molecule has 6 heteroatoms. The third kappa shape index (κ3) is 3.55. The number of hydrogen-bond donors (Lipinski definition) is 2. The molecule has 0 aliphatic heterocycles. The van der Waals surface area contributed by atoms with Crippen LogP contribution >= 0.6 is 0 Å². The van der Waals surface area contributed by atoms with Gasteiger partial charge in [-0.25, -0.2) is 0 Å². The van der Waals surface area contributed by atoms with E-state index in [1.165, 1.54) is 12.1 Å². The maximum Gasteiger partial charge on any atom is 0.289 e. The Morgan fingerprint density at radius 1 is 1.19 bits per heavy atom. The van der Waals surface area contributed by atoms with Crippen LogP contribution in [0.5, 0.6) is 0 Å². The summed E-state index contributed by atoms with van der Waals surface area (Å²) in [5.74, 6) is 0. The fraction of sp³-hybridized carbons (Fsp3) is 0.133. The molecular formula is C15H13N3O3. The molecule has 0 radical (unpaired) electrons. The zero-order valence-electron chi connectivity index (χ0n) is 11.1. The van der Waals surface area contributed by atoms with E-state index in [2.05, 4.69) is 5.32 Å². The van der Waals surface area contributed by atoms with Crippen molar-refractivity contribution in [1.29, 1.82) is 5.26 Å². The van der Waals surface area contributed by atoms with Crippen molar-refractivity contribution in [2.24, 2.45) is 0 Å². The molecule has 0 bridgehead atoms. The Bertz CT molecular complexity index is 690. The van der Waals surface area contributed by atoms with Crippen LogP contribution < -0.4 is 5.32 Å². The van der Waals surface area contributed by atoms with E-state index in [1.54, 1.807) is 12.1 Å². The highest BCUT2D eigenvalue weighted by Crippen LogP contribution is 2.22. The summed E-state index contributed by atoms with van der Waals surface area (Å²) in [5, 5.41) is 31.7. The lowest BCUT2D eigenvalue weighted by molar-refractivity contribution is -0.385. The molecule has 0 saturated heterocycles. The van der Waals surface area contributed by atoms with Crippen LogP contribution in [0, 0.1) is 21.4 Å². The Hall–Kier alpha value is -2.91. The molecule has 2 rings (SSSR count). The third-order valence-corrected chi connectivity index (χ3v) is 3.02. The second-order valence-corrected chi connectivity index (χ2v) is 4.43. The SMILES string of the molecule is N#Cc1ccc(NCc2ccc(CO)cc2)cc1[N+](=O)[O-]. The highest BCUT2D eigenvalue weighted by molar-refractivity contribution is 5.59. The van der Waals surface area contributed by atoms with Gasteiger partial charge in [0.1, 0.15) is 11.6 Å². The highest BCUT2D eigenvalue weighted by Gasteiger charge is 2.13. The summed E-state index contributed by atoms with van der Waals surface area (Å²) in [6.07, 6.45) is 0. The quantitative estimate of drug-likeness (QED) is 0.649. The van der Waals surface area contributed by atoms with E-state index in [0.29, 0.717) is 12.2 Å². The number of nitro groups is 1. The number of anilines is 1. The van der Waals surface area contributed by atoms with E-state index in [9.17, 15) is 10.1 Å². The van der Waals surface area contributed by atoms with Gasteiger partial charge in [-0.05, 0) is 23.3 Å². The molecule has 0 aromatic heterocycles. The first-order valence-electron chi connectivity index (χ1n) is 6.25. The molecule has 0 aliphatic rings. The molecule has 21 heavy (non-hydrogen) atoms. The molecule has 0 atom stereocenters. The summed E-state index contributed by atoms with van der Waals surface area (Å²) in [7, 11) is 0. The Morgan fingerprint density at radius 2 is 1.86 bits per heavy atom. The van der Waals surface area contributed by atoms with Crippen LogP contribution in [-0.2, 0) is 13.2 Å². The zero-order valence-corrected chi connectivity index (χ0v) is 11.1. The Morgan fingerprint density at radius 3 is 2.43 bits per heavy atom. The molecule has 0 saturated carbocycles. The largest absolute Gasteiger partial charge is 0.392 e. The average Bonchev–Trinajstić information content (AvgIpc) is 2.53. The van der Waals surface area contributed by atoms with Crippen LogP contribution in [-0.4, -0.2) is 10.0 Å². The lowest BCUT2D eigenvalue weighted by atomic mass is 10.1. The van der Waals surface area contributed by atoms with E-state index in [1.807, 2.05) is 24.3 Å². The maximum atomic E-state index is 10.9.